The molecule has 2 aliphatic rings. The van der Waals surface area contributed by atoms with Crippen molar-refractivity contribution in [3.63, 3.8) is 0 Å². The van der Waals surface area contributed by atoms with Crippen LogP contribution in [0.1, 0.15) is 23.0 Å². The van der Waals surface area contributed by atoms with Gasteiger partial charge in [0.25, 0.3) is 5.69 Å². The molecule has 0 amide bonds. The molecule has 0 bridgehead atoms. The van der Waals surface area contributed by atoms with Crippen molar-refractivity contribution in [2.24, 2.45) is 4.99 Å². The van der Waals surface area contributed by atoms with E-state index in [9.17, 15) is 10.1 Å². The number of fused-ring (bicyclic) bond motifs is 1. The third-order valence-corrected chi connectivity index (χ3v) is 10.3. The Morgan fingerprint density at radius 3 is 1.98 bits per heavy atom. The van der Waals surface area contributed by atoms with Crippen LogP contribution in [0.4, 0.5) is 5.69 Å². The maximum absolute atomic E-state index is 11.3. The third kappa shape index (κ3) is 8.00. The Morgan fingerprint density at radius 2 is 1.37 bits per heavy atom. The smallest absolute Gasteiger partial charge is 0.269 e. The highest BCUT2D eigenvalue weighted by Crippen LogP contribution is 2.44. The van der Waals surface area contributed by atoms with Crippen molar-refractivity contribution in [1.82, 2.24) is 0 Å². The molecule has 0 radical (unpaired) electrons. The molecule has 6 atom stereocenters. The molecule has 7 rings (SSSR count). The molecule has 0 saturated carbocycles. The molecule has 0 N–H and O–H groups in total. The van der Waals surface area contributed by atoms with E-state index < -0.39 is 50.0 Å². The summed E-state index contributed by atoms with van der Waals surface area (Å²) in [5.41, 5.74) is 2.57. The molecule has 2 saturated heterocycles. The van der Waals surface area contributed by atoms with Crippen molar-refractivity contribution in [3.8, 4) is 0 Å². The van der Waals surface area contributed by atoms with Crippen molar-refractivity contribution in [1.29, 1.82) is 0 Å². The molecule has 5 aromatic carbocycles. The van der Waals surface area contributed by atoms with Gasteiger partial charge in [-0.3, -0.25) is 15.1 Å². The summed E-state index contributed by atoms with van der Waals surface area (Å²) in [5, 5.41) is 13.4. The Morgan fingerprint density at radius 1 is 0.776 bits per heavy atom. The van der Waals surface area contributed by atoms with Crippen LogP contribution in [-0.4, -0.2) is 48.4 Å². The SMILES string of the molecule is O=[N+]([O-])c1ccc(C=N[C@H]2[C@@H](OCc3ccccc3)O[C@@H]3COC(c4ccccc4)O[C@H]3[C@@H]2OP(c2ccccc2)c2ccccc2)cc1. The molecule has 2 fully saturated rings. The molecule has 0 spiro atoms. The molecular weight excluding hydrogens is 639 g/mol. The molecule has 2 aliphatic heterocycles. The van der Waals surface area contributed by atoms with E-state index in [4.69, 9.17) is 28.5 Å². The summed E-state index contributed by atoms with van der Waals surface area (Å²) < 4.78 is 33.3. The van der Waals surface area contributed by atoms with E-state index in [0.717, 1.165) is 21.7 Å². The van der Waals surface area contributed by atoms with Crippen LogP contribution in [0.2, 0.25) is 0 Å². The molecule has 10 heteroatoms. The van der Waals surface area contributed by atoms with Crippen LogP contribution in [0.3, 0.4) is 0 Å². The monoisotopic (exact) mass is 674 g/mol. The number of hydrogen-bond acceptors (Lipinski definition) is 8. The van der Waals surface area contributed by atoms with Gasteiger partial charge in [0.2, 0.25) is 0 Å². The number of ether oxygens (including phenoxy) is 4. The number of aliphatic imine (C=N–C) groups is 1. The van der Waals surface area contributed by atoms with E-state index in [1.54, 1.807) is 18.3 Å². The first-order valence-corrected chi connectivity index (χ1v) is 17.4. The van der Waals surface area contributed by atoms with Gasteiger partial charge < -0.3 is 23.5 Å². The minimum absolute atomic E-state index is 0.00481. The summed E-state index contributed by atoms with van der Waals surface area (Å²) >= 11 is 0. The summed E-state index contributed by atoms with van der Waals surface area (Å²) in [7, 11) is -1.33. The summed E-state index contributed by atoms with van der Waals surface area (Å²) in [6.07, 6.45) is -1.45. The number of nitro benzene ring substituents is 1. The lowest BCUT2D eigenvalue weighted by Crippen LogP contribution is -2.62. The maximum Gasteiger partial charge on any atom is 0.269 e. The molecule has 0 aromatic heterocycles. The van der Waals surface area contributed by atoms with Crippen molar-refractivity contribution in [3.05, 3.63) is 172 Å². The lowest BCUT2D eigenvalue weighted by Gasteiger charge is -2.48. The van der Waals surface area contributed by atoms with Gasteiger partial charge >= 0.3 is 0 Å². The van der Waals surface area contributed by atoms with E-state index in [-0.39, 0.29) is 12.3 Å². The van der Waals surface area contributed by atoms with Gasteiger partial charge in [-0.1, -0.05) is 121 Å². The van der Waals surface area contributed by atoms with Gasteiger partial charge in [-0.05, 0) is 23.3 Å². The highest BCUT2D eigenvalue weighted by atomic mass is 31.1. The predicted molar refractivity (Wildman–Crippen MR) is 188 cm³/mol. The van der Waals surface area contributed by atoms with Gasteiger partial charge in [0, 0.05) is 34.5 Å². The van der Waals surface area contributed by atoms with Gasteiger partial charge in [0.15, 0.2) is 12.6 Å². The minimum atomic E-state index is -1.33. The number of nitrogens with zero attached hydrogens (tertiary/aromatic N) is 2. The van der Waals surface area contributed by atoms with E-state index in [0.29, 0.717) is 12.2 Å². The van der Waals surface area contributed by atoms with Crippen LogP contribution in [0.5, 0.6) is 0 Å². The van der Waals surface area contributed by atoms with Crippen LogP contribution in [0.15, 0.2) is 151 Å². The Balaban J connectivity index is 1.29. The lowest BCUT2D eigenvalue weighted by atomic mass is 9.96. The maximum atomic E-state index is 11.3. The van der Waals surface area contributed by atoms with Gasteiger partial charge in [0.05, 0.1) is 26.3 Å². The number of hydrogen-bond donors (Lipinski definition) is 0. The number of nitro groups is 1. The Labute approximate surface area is 286 Å². The molecular formula is C39H35N2O7P. The second-order valence-electron chi connectivity index (χ2n) is 11.7. The van der Waals surface area contributed by atoms with E-state index in [2.05, 4.69) is 24.3 Å². The van der Waals surface area contributed by atoms with Crippen LogP contribution >= 0.6 is 8.15 Å². The second kappa shape index (κ2) is 15.7. The van der Waals surface area contributed by atoms with Crippen molar-refractivity contribution < 1.29 is 28.4 Å². The largest absolute Gasteiger partial charge is 0.346 e. The quantitative estimate of drug-likeness (QED) is 0.0652. The average Bonchev–Trinajstić information content (AvgIpc) is 3.16. The zero-order valence-electron chi connectivity index (χ0n) is 26.5. The zero-order valence-corrected chi connectivity index (χ0v) is 27.4. The van der Waals surface area contributed by atoms with E-state index in [1.807, 2.05) is 97.1 Å². The molecule has 2 heterocycles. The van der Waals surface area contributed by atoms with Gasteiger partial charge in [-0.2, -0.15) is 0 Å². The summed E-state index contributed by atoms with van der Waals surface area (Å²) in [6, 6.07) is 45.6. The van der Waals surface area contributed by atoms with Gasteiger partial charge in [-0.25, -0.2) is 0 Å². The highest BCUT2D eigenvalue weighted by Gasteiger charge is 2.52. The van der Waals surface area contributed by atoms with Crippen molar-refractivity contribution in [2.75, 3.05) is 6.61 Å². The third-order valence-electron chi connectivity index (χ3n) is 8.34. The standard InChI is InChI=1S/C39H35N2O7P/c42-41(43)31-23-21-28(22-24-31)25-40-35-37(48-49(32-17-9-3-10-18-32)33-19-11-4-12-20-33)36-34(27-45-38(47-36)30-15-7-2-8-16-30)46-39(35)44-26-29-13-5-1-6-14-29/h1-25,34-39H,26-27H2/t34-,35-,36-,37-,38?,39+/m1/s1. The van der Waals surface area contributed by atoms with Crippen molar-refractivity contribution in [2.45, 2.75) is 43.5 Å². The van der Waals surface area contributed by atoms with Gasteiger partial charge in [-0.15, -0.1) is 0 Å². The lowest BCUT2D eigenvalue weighted by molar-refractivity contribution is -0.384. The molecule has 5 aromatic rings. The molecule has 9 nitrogen and oxygen atoms in total. The average molecular weight is 675 g/mol. The molecule has 248 valence electrons. The highest BCUT2D eigenvalue weighted by molar-refractivity contribution is 7.68. The Hall–Kier alpha value is -4.60. The minimum Gasteiger partial charge on any atom is -0.346 e. The second-order valence-corrected chi connectivity index (χ2v) is 13.5. The first-order valence-electron chi connectivity index (χ1n) is 16.1. The summed E-state index contributed by atoms with van der Waals surface area (Å²) in [5.74, 6) is 0. The first kappa shape index (κ1) is 32.9. The van der Waals surface area contributed by atoms with Crippen LogP contribution in [0.25, 0.3) is 0 Å². The summed E-state index contributed by atoms with van der Waals surface area (Å²) in [6.45, 7) is 0.558. The molecule has 49 heavy (non-hydrogen) atoms. The fourth-order valence-corrected chi connectivity index (χ4v) is 7.80. The summed E-state index contributed by atoms with van der Waals surface area (Å²) in [4.78, 5) is 15.9. The van der Waals surface area contributed by atoms with E-state index >= 15 is 0 Å². The van der Waals surface area contributed by atoms with E-state index in [1.165, 1.54) is 12.1 Å². The Bertz CT molecular complexity index is 1780. The molecule has 0 aliphatic carbocycles. The van der Waals surface area contributed by atoms with Gasteiger partial charge in [0.1, 0.15) is 24.4 Å². The predicted octanol–water partition coefficient (Wildman–Crippen LogP) is 6.87. The number of non-ortho nitro benzene ring substituents is 1. The Kier molecular flexibility index (Phi) is 10.6. The normalized spacial score (nSPS) is 23.7. The number of rotatable bonds is 11. The first-order chi connectivity index (χ1) is 24.1. The van der Waals surface area contributed by atoms with Crippen LogP contribution in [-0.2, 0) is 30.1 Å². The van der Waals surface area contributed by atoms with Crippen molar-refractivity contribution >= 4 is 30.7 Å². The zero-order chi connectivity index (χ0) is 33.4. The number of benzene rings is 5. The fourth-order valence-electron chi connectivity index (χ4n) is 5.88. The topological polar surface area (TPSA) is 102 Å². The molecule has 1 unspecified atom stereocenters. The van der Waals surface area contributed by atoms with Crippen LogP contribution in [0, 0.1) is 10.1 Å². The van der Waals surface area contributed by atoms with Crippen LogP contribution < -0.4 is 10.6 Å². The fraction of sp³-hybridized carbons (Fsp3) is 0.205.